The van der Waals surface area contributed by atoms with E-state index in [4.69, 9.17) is 35.6 Å². The number of aryl methyl sites for hydroxylation is 4. The molecule has 6 amide bonds. The molecule has 2 saturated heterocycles. The van der Waals surface area contributed by atoms with E-state index in [1.54, 1.807) is 49.4 Å². The third kappa shape index (κ3) is 12.6. The zero-order valence-electron chi connectivity index (χ0n) is 45.5. The van der Waals surface area contributed by atoms with E-state index in [2.05, 4.69) is 32.7 Å². The van der Waals surface area contributed by atoms with Crippen molar-refractivity contribution in [1.82, 2.24) is 48.5 Å². The fourth-order valence-corrected chi connectivity index (χ4v) is 9.82. The predicted octanol–water partition coefficient (Wildman–Crippen LogP) is 6.06. The van der Waals surface area contributed by atoms with E-state index in [0.29, 0.717) is 109 Å². The van der Waals surface area contributed by atoms with Gasteiger partial charge in [-0.25, -0.2) is 14.8 Å². The highest BCUT2D eigenvalue weighted by Crippen LogP contribution is 2.34. The number of nitrogens with zero attached hydrogens (tertiary/aromatic N) is 10. The van der Waals surface area contributed by atoms with Crippen molar-refractivity contribution in [3.63, 3.8) is 0 Å². The van der Waals surface area contributed by atoms with Crippen molar-refractivity contribution in [2.75, 3.05) is 50.5 Å². The molecule has 0 radical (unpaired) electrons. The Kier molecular flexibility index (Phi) is 16.9. The molecule has 0 bridgehead atoms. The summed E-state index contributed by atoms with van der Waals surface area (Å²) in [5.41, 5.74) is 14.8. The van der Waals surface area contributed by atoms with Gasteiger partial charge in [0.2, 0.25) is 29.6 Å². The van der Waals surface area contributed by atoms with Crippen LogP contribution in [0.1, 0.15) is 120 Å². The van der Waals surface area contributed by atoms with Crippen molar-refractivity contribution >= 4 is 69.6 Å². The van der Waals surface area contributed by atoms with Crippen molar-refractivity contribution in [1.29, 1.82) is 0 Å². The highest BCUT2D eigenvalue weighted by atomic mass is 16.6. The normalized spacial score (nSPS) is 14.4. The molecule has 8 rings (SSSR count). The van der Waals surface area contributed by atoms with Gasteiger partial charge < -0.3 is 44.6 Å². The molecule has 0 spiro atoms. The van der Waals surface area contributed by atoms with Crippen LogP contribution in [-0.4, -0.2) is 130 Å². The van der Waals surface area contributed by atoms with Gasteiger partial charge in [-0.05, 0) is 116 Å². The van der Waals surface area contributed by atoms with Crippen molar-refractivity contribution in [3.8, 4) is 23.3 Å². The first-order valence-corrected chi connectivity index (χ1v) is 26.2. The molecule has 23 nitrogen and oxygen atoms in total. The van der Waals surface area contributed by atoms with Crippen molar-refractivity contribution in [2.24, 2.45) is 23.3 Å². The van der Waals surface area contributed by atoms with Crippen LogP contribution < -0.4 is 31.6 Å². The Hall–Kier alpha value is -8.68. The number of piperidine rings is 2. The molecular formula is C55H68N14O9. The molecule has 0 atom stereocenters. The molecule has 0 saturated carbocycles. The Morgan fingerprint density at radius 2 is 1.18 bits per heavy atom. The number of allylic oxidation sites excluding steroid dienone is 2. The SMILES string of the molecule is CCn1nc(C)cc1C(=O)Nc1nc2cc(C(N)=O)cc(OC)c2n1C/C=C/Cn1c(NC(=O)c2cc(C)nn2CC)nc2cc(C(N)=O)cc(OCC#CCC3CCN(C(=O)C4CCN(C(=O)OC(C)(C)C)CC4)CC3)c21. The lowest BCUT2D eigenvalue weighted by Gasteiger charge is -2.37. The van der Waals surface area contributed by atoms with E-state index in [9.17, 15) is 28.8 Å². The lowest BCUT2D eigenvalue weighted by molar-refractivity contribution is -0.138. The van der Waals surface area contributed by atoms with Crippen LogP contribution in [0.4, 0.5) is 16.7 Å². The van der Waals surface area contributed by atoms with Crippen LogP contribution in [-0.2, 0) is 35.7 Å². The summed E-state index contributed by atoms with van der Waals surface area (Å²) in [5, 5.41) is 14.7. The summed E-state index contributed by atoms with van der Waals surface area (Å²) < 4.78 is 24.2. The number of amides is 6. The average molecular weight is 1070 g/mol. The van der Waals surface area contributed by atoms with Crippen LogP contribution in [0.5, 0.6) is 11.5 Å². The van der Waals surface area contributed by atoms with Gasteiger partial charge in [0.25, 0.3) is 11.8 Å². The summed E-state index contributed by atoms with van der Waals surface area (Å²) in [4.78, 5) is 92.0. The van der Waals surface area contributed by atoms with Crippen molar-refractivity contribution < 1.29 is 43.0 Å². The van der Waals surface area contributed by atoms with E-state index in [1.165, 1.54) is 31.4 Å². The molecule has 23 heteroatoms. The number of hydrogen-bond donors (Lipinski definition) is 4. The second kappa shape index (κ2) is 23.7. The Bertz CT molecular complexity index is 3370. The molecule has 2 aromatic carbocycles. The lowest BCUT2D eigenvalue weighted by atomic mass is 9.91. The molecular weight excluding hydrogens is 1000 g/mol. The van der Waals surface area contributed by atoms with Crippen LogP contribution >= 0.6 is 0 Å². The molecule has 412 valence electrons. The number of nitrogens with two attached hydrogens (primary N) is 2. The minimum atomic E-state index is -0.714. The van der Waals surface area contributed by atoms with E-state index >= 15 is 0 Å². The summed E-state index contributed by atoms with van der Waals surface area (Å²) in [6, 6.07) is 9.44. The number of fused-ring (bicyclic) bond motifs is 2. The number of likely N-dealkylation sites (tertiary alicyclic amines) is 2. The first kappa shape index (κ1) is 55.5. The Labute approximate surface area is 451 Å². The number of carbonyl (C=O) groups excluding carboxylic acids is 6. The summed E-state index contributed by atoms with van der Waals surface area (Å²) in [6.07, 6.45) is 6.74. The van der Waals surface area contributed by atoms with Gasteiger partial charge >= 0.3 is 6.09 Å². The molecule has 6 N–H and O–H groups in total. The molecule has 78 heavy (non-hydrogen) atoms. The topological polar surface area (TPSA) is 284 Å². The predicted molar refractivity (Wildman–Crippen MR) is 291 cm³/mol. The Morgan fingerprint density at radius 1 is 0.692 bits per heavy atom. The van der Waals surface area contributed by atoms with Gasteiger partial charge in [0.05, 0.1) is 29.5 Å². The first-order valence-electron chi connectivity index (χ1n) is 26.2. The largest absolute Gasteiger partial charge is 0.494 e. The van der Waals surface area contributed by atoms with Gasteiger partial charge in [0.15, 0.2) is 0 Å². The summed E-state index contributed by atoms with van der Waals surface area (Å²) in [5.74, 6) is 5.20. The Balaban J connectivity index is 1.02. The molecule has 0 unspecified atom stereocenters. The van der Waals surface area contributed by atoms with E-state index in [0.717, 1.165) is 12.8 Å². The van der Waals surface area contributed by atoms with Gasteiger partial charge in [0.1, 0.15) is 46.1 Å². The number of primary amides is 2. The van der Waals surface area contributed by atoms with E-state index < -0.39 is 29.2 Å². The smallest absolute Gasteiger partial charge is 0.410 e. The number of methoxy groups -OCH3 is 1. The minimum absolute atomic E-state index is 0.0472. The van der Waals surface area contributed by atoms with Crippen LogP contribution in [0.25, 0.3) is 22.1 Å². The Morgan fingerprint density at radius 3 is 1.65 bits per heavy atom. The van der Waals surface area contributed by atoms with Gasteiger partial charge in [-0.3, -0.25) is 44.0 Å². The minimum Gasteiger partial charge on any atom is -0.494 e. The number of ether oxygens (including phenoxy) is 3. The van der Waals surface area contributed by atoms with Crippen LogP contribution in [0.15, 0.2) is 48.6 Å². The third-order valence-electron chi connectivity index (χ3n) is 13.7. The highest BCUT2D eigenvalue weighted by Gasteiger charge is 2.34. The number of benzene rings is 2. The average Bonchev–Trinajstić information content (AvgIpc) is 4.22. The summed E-state index contributed by atoms with van der Waals surface area (Å²) in [7, 11) is 1.45. The number of rotatable bonds is 17. The second-order valence-electron chi connectivity index (χ2n) is 20.4. The molecule has 2 aliphatic rings. The summed E-state index contributed by atoms with van der Waals surface area (Å²) in [6.45, 7) is 16.2. The number of carbonyl (C=O) groups is 6. The number of nitrogens with one attached hydrogen (secondary N) is 2. The standard InChI is InChI=1S/C55H68N14O9/c1-9-68-41(27-33(3)62-68)49(72)60-52-58-39-29-37(47(56)70)31-43(76-8)45(39)66(52)20-12-13-21-67-46-40(59-53(67)61-50(73)42-28-34(4)63-69(42)10-2)30-38(48(57)71)32-44(46)77-26-14-11-15-35-16-22-64(23-17-35)51(74)36-18-24-65(25-19-36)54(75)78-55(5,6)7/h12-13,27-32,35-36H,9-10,15-26H2,1-8H3,(H2,56,70)(H2,57,71)(H,58,60,72)(H,59,61,73)/b13-12+. The number of aromatic nitrogens is 8. The number of anilines is 2. The third-order valence-corrected chi connectivity index (χ3v) is 13.7. The van der Waals surface area contributed by atoms with Crippen LogP contribution in [0.3, 0.4) is 0 Å². The zero-order chi connectivity index (χ0) is 56.0. The molecule has 6 heterocycles. The maximum absolute atomic E-state index is 14.0. The molecule has 4 aromatic heterocycles. The fourth-order valence-electron chi connectivity index (χ4n) is 9.82. The molecule has 6 aromatic rings. The van der Waals surface area contributed by atoms with Gasteiger partial charge in [-0.15, -0.1) is 0 Å². The molecule has 2 fully saturated rings. The highest BCUT2D eigenvalue weighted by molar-refractivity contribution is 6.05. The fraction of sp³-hybridized carbons (Fsp3) is 0.455. The van der Waals surface area contributed by atoms with Gasteiger partial charge in [-0.2, -0.15) is 10.2 Å². The van der Waals surface area contributed by atoms with Crippen molar-refractivity contribution in [2.45, 2.75) is 112 Å². The molecule has 0 aliphatic carbocycles. The quantitative estimate of drug-likeness (QED) is 0.0598. The molecule has 2 aliphatic heterocycles. The van der Waals surface area contributed by atoms with Gasteiger partial charge in [0, 0.05) is 75.8 Å². The van der Waals surface area contributed by atoms with Gasteiger partial charge in [-0.1, -0.05) is 24.0 Å². The zero-order valence-corrected chi connectivity index (χ0v) is 45.5. The second-order valence-corrected chi connectivity index (χ2v) is 20.4. The lowest BCUT2D eigenvalue weighted by Crippen LogP contribution is -2.47. The number of imidazole rings is 2. The number of hydrogen-bond acceptors (Lipinski definition) is 13. The summed E-state index contributed by atoms with van der Waals surface area (Å²) >= 11 is 0. The van der Waals surface area contributed by atoms with Crippen molar-refractivity contribution in [3.05, 3.63) is 82.5 Å². The first-order chi connectivity index (χ1) is 37.2. The van der Waals surface area contributed by atoms with E-state index in [1.807, 2.05) is 51.7 Å². The van der Waals surface area contributed by atoms with Crippen LogP contribution in [0, 0.1) is 37.5 Å². The maximum atomic E-state index is 14.0. The van der Waals surface area contributed by atoms with E-state index in [-0.39, 0.29) is 72.3 Å². The van der Waals surface area contributed by atoms with Crippen LogP contribution in [0.2, 0.25) is 0 Å². The monoisotopic (exact) mass is 1070 g/mol. The maximum Gasteiger partial charge on any atom is 0.410 e.